The number of hydrogen-bond donors (Lipinski definition) is 1. The minimum atomic E-state index is -3.59. The van der Waals surface area contributed by atoms with Gasteiger partial charge in [0.25, 0.3) is 5.91 Å². The van der Waals surface area contributed by atoms with Crippen LogP contribution in [-0.2, 0) is 37.2 Å². The molecule has 2 aromatic rings. The summed E-state index contributed by atoms with van der Waals surface area (Å²) in [7, 11) is -3.59. The smallest absolute Gasteiger partial charge is 0.309 e. The molecule has 1 aliphatic carbocycles. The molecule has 33 heavy (non-hydrogen) atoms. The third-order valence-electron chi connectivity index (χ3n) is 6.38. The second-order valence-electron chi connectivity index (χ2n) is 8.53. The molecule has 0 unspecified atom stereocenters. The van der Waals surface area contributed by atoms with E-state index in [-0.39, 0.29) is 13.1 Å². The number of ether oxygens (including phenoxy) is 1. The molecule has 2 aliphatic rings. The molecule has 1 amide bonds. The van der Waals surface area contributed by atoms with Crippen LogP contribution in [0.1, 0.15) is 36.0 Å². The number of hydrogen-bond acceptors (Lipinski definition) is 5. The van der Waals surface area contributed by atoms with Crippen LogP contribution < -0.4 is 5.32 Å². The zero-order valence-corrected chi connectivity index (χ0v) is 20.0. The molecule has 1 fully saturated rings. The molecule has 9 heteroatoms. The van der Waals surface area contributed by atoms with Gasteiger partial charge in [-0.25, -0.2) is 8.42 Å². The van der Waals surface area contributed by atoms with E-state index in [0.717, 1.165) is 30.4 Å². The van der Waals surface area contributed by atoms with E-state index in [1.54, 1.807) is 37.3 Å². The Hall–Kier alpha value is -2.42. The fraction of sp³-hybridized carbons (Fsp3) is 0.417. The highest BCUT2D eigenvalue weighted by atomic mass is 35.5. The number of benzene rings is 2. The van der Waals surface area contributed by atoms with Gasteiger partial charge in [-0.1, -0.05) is 23.7 Å². The van der Waals surface area contributed by atoms with Crippen LogP contribution in [0.2, 0.25) is 5.02 Å². The lowest BCUT2D eigenvalue weighted by Gasteiger charge is -2.30. The number of esters is 1. The van der Waals surface area contributed by atoms with E-state index in [2.05, 4.69) is 5.32 Å². The molecule has 1 saturated heterocycles. The Morgan fingerprint density at radius 3 is 2.61 bits per heavy atom. The molecule has 7 nitrogen and oxygen atoms in total. The van der Waals surface area contributed by atoms with Gasteiger partial charge in [-0.2, -0.15) is 4.31 Å². The van der Waals surface area contributed by atoms with Crippen molar-refractivity contribution in [3.05, 3.63) is 58.1 Å². The van der Waals surface area contributed by atoms with E-state index in [9.17, 15) is 18.0 Å². The zero-order chi connectivity index (χ0) is 23.6. The molecule has 0 spiro atoms. The van der Waals surface area contributed by atoms with Crippen LogP contribution in [0.3, 0.4) is 0 Å². The largest absolute Gasteiger partial charge is 0.455 e. The number of piperidine rings is 1. The van der Waals surface area contributed by atoms with Crippen molar-refractivity contribution in [1.82, 2.24) is 4.31 Å². The molecular formula is C24H27ClN2O5S. The maximum atomic E-state index is 13.1. The Morgan fingerprint density at radius 1 is 1.12 bits per heavy atom. The molecule has 0 aromatic heterocycles. The summed E-state index contributed by atoms with van der Waals surface area (Å²) in [6.07, 6.45) is 3.69. The van der Waals surface area contributed by atoms with Crippen molar-refractivity contribution in [2.24, 2.45) is 5.92 Å². The molecule has 176 valence electrons. The van der Waals surface area contributed by atoms with Gasteiger partial charge in [0.05, 0.1) is 10.8 Å². The van der Waals surface area contributed by atoms with Crippen LogP contribution >= 0.6 is 11.6 Å². The second kappa shape index (κ2) is 9.83. The number of aryl methyl sites for hydroxylation is 2. The van der Waals surface area contributed by atoms with Crippen LogP contribution in [0.25, 0.3) is 0 Å². The van der Waals surface area contributed by atoms with Crippen LogP contribution in [0.4, 0.5) is 5.69 Å². The van der Waals surface area contributed by atoms with Gasteiger partial charge in [-0.3, -0.25) is 9.59 Å². The van der Waals surface area contributed by atoms with Gasteiger partial charge in [-0.15, -0.1) is 0 Å². The molecule has 1 N–H and O–H groups in total. The van der Waals surface area contributed by atoms with Crippen molar-refractivity contribution in [2.75, 3.05) is 25.0 Å². The quantitative estimate of drug-likeness (QED) is 0.623. The number of sulfonamides is 1. The highest BCUT2D eigenvalue weighted by Gasteiger charge is 2.33. The average Bonchev–Trinajstić information content (AvgIpc) is 3.28. The van der Waals surface area contributed by atoms with Gasteiger partial charge in [0.15, 0.2) is 6.61 Å². The molecule has 0 bridgehead atoms. The fourth-order valence-corrected chi connectivity index (χ4v) is 6.07. The molecule has 1 heterocycles. The summed E-state index contributed by atoms with van der Waals surface area (Å²) >= 11 is 6.05. The first-order chi connectivity index (χ1) is 15.8. The SMILES string of the molecule is Cc1c(Cl)cccc1NC(=O)COC(=O)C1CCN(S(=O)(=O)c2ccc3c(c2)CCC3)CC1. The summed E-state index contributed by atoms with van der Waals surface area (Å²) in [4.78, 5) is 24.9. The van der Waals surface area contributed by atoms with Crippen molar-refractivity contribution in [3.63, 3.8) is 0 Å². The van der Waals surface area contributed by atoms with E-state index in [1.807, 2.05) is 6.07 Å². The molecule has 4 rings (SSSR count). The van der Waals surface area contributed by atoms with Gasteiger partial charge in [0.1, 0.15) is 0 Å². The van der Waals surface area contributed by atoms with Gasteiger partial charge >= 0.3 is 5.97 Å². The minimum Gasteiger partial charge on any atom is -0.455 e. The van der Waals surface area contributed by atoms with E-state index >= 15 is 0 Å². The van der Waals surface area contributed by atoms with Crippen molar-refractivity contribution in [2.45, 2.75) is 43.9 Å². The third-order valence-corrected chi connectivity index (χ3v) is 8.69. The van der Waals surface area contributed by atoms with Crippen molar-refractivity contribution >= 4 is 39.2 Å². The Bertz CT molecular complexity index is 1170. The zero-order valence-electron chi connectivity index (χ0n) is 18.5. The third kappa shape index (κ3) is 5.23. The molecule has 0 saturated carbocycles. The predicted octanol–water partition coefficient (Wildman–Crippen LogP) is 3.72. The summed E-state index contributed by atoms with van der Waals surface area (Å²) in [6, 6.07) is 10.6. The summed E-state index contributed by atoms with van der Waals surface area (Å²) in [6.45, 7) is 1.87. The minimum absolute atomic E-state index is 0.243. The van der Waals surface area contributed by atoms with Crippen molar-refractivity contribution < 1.29 is 22.7 Å². The number of rotatable bonds is 6. The summed E-state index contributed by atoms with van der Waals surface area (Å²) in [5.41, 5.74) is 3.63. The Balaban J connectivity index is 1.28. The van der Waals surface area contributed by atoms with E-state index in [1.165, 1.54) is 9.87 Å². The average molecular weight is 491 g/mol. The number of halogens is 1. The van der Waals surface area contributed by atoms with Gasteiger partial charge in [0, 0.05) is 23.8 Å². The number of carbonyl (C=O) groups is 2. The Labute approximate surface area is 199 Å². The van der Waals surface area contributed by atoms with Gasteiger partial charge in [-0.05, 0) is 80.0 Å². The van der Waals surface area contributed by atoms with Gasteiger partial charge < -0.3 is 10.1 Å². The molecular weight excluding hydrogens is 464 g/mol. The second-order valence-corrected chi connectivity index (χ2v) is 10.9. The van der Waals surface area contributed by atoms with Crippen LogP contribution in [0.15, 0.2) is 41.3 Å². The van der Waals surface area contributed by atoms with Crippen molar-refractivity contribution in [3.8, 4) is 0 Å². The normalized spacial score (nSPS) is 16.9. The molecule has 0 atom stereocenters. The first-order valence-electron chi connectivity index (χ1n) is 11.1. The predicted molar refractivity (Wildman–Crippen MR) is 126 cm³/mol. The highest BCUT2D eigenvalue weighted by Crippen LogP contribution is 2.29. The molecule has 1 aliphatic heterocycles. The first kappa shape index (κ1) is 23.7. The Kier molecular flexibility index (Phi) is 7.07. The standard InChI is InChI=1S/C24H27ClN2O5S/c1-16-21(25)6-3-7-22(16)26-23(28)15-32-24(29)18-10-12-27(13-11-18)33(30,31)20-9-8-17-4-2-5-19(17)14-20/h3,6-9,14,18H,2,4-5,10-13,15H2,1H3,(H,26,28). The Morgan fingerprint density at radius 2 is 1.85 bits per heavy atom. The number of fused-ring (bicyclic) bond motifs is 1. The topological polar surface area (TPSA) is 92.8 Å². The summed E-state index contributed by atoms with van der Waals surface area (Å²) in [5.74, 6) is -1.37. The first-order valence-corrected chi connectivity index (χ1v) is 12.9. The number of anilines is 1. The molecule has 0 radical (unpaired) electrons. The monoisotopic (exact) mass is 490 g/mol. The maximum Gasteiger partial charge on any atom is 0.309 e. The van der Waals surface area contributed by atoms with E-state index in [0.29, 0.717) is 28.4 Å². The number of amides is 1. The lowest BCUT2D eigenvalue weighted by atomic mass is 9.98. The lowest BCUT2D eigenvalue weighted by Crippen LogP contribution is -2.41. The highest BCUT2D eigenvalue weighted by molar-refractivity contribution is 7.89. The van der Waals surface area contributed by atoms with Crippen LogP contribution in [0, 0.1) is 12.8 Å². The lowest BCUT2D eigenvalue weighted by molar-refractivity contribution is -0.152. The van der Waals surface area contributed by atoms with Crippen molar-refractivity contribution in [1.29, 1.82) is 0 Å². The summed E-state index contributed by atoms with van der Waals surface area (Å²) < 4.78 is 32.7. The number of carbonyl (C=O) groups excluding carboxylic acids is 2. The fourth-order valence-electron chi connectivity index (χ4n) is 4.37. The maximum absolute atomic E-state index is 13.1. The van der Waals surface area contributed by atoms with E-state index in [4.69, 9.17) is 16.3 Å². The van der Waals surface area contributed by atoms with E-state index < -0.39 is 34.4 Å². The summed E-state index contributed by atoms with van der Waals surface area (Å²) in [5, 5.41) is 3.22. The van der Waals surface area contributed by atoms with Gasteiger partial charge in [0.2, 0.25) is 10.0 Å². The number of nitrogens with one attached hydrogen (secondary N) is 1. The molecule has 2 aromatic carbocycles. The van der Waals surface area contributed by atoms with Crippen LogP contribution in [-0.4, -0.2) is 44.3 Å². The number of nitrogens with zero attached hydrogens (tertiary/aromatic N) is 1. The van der Waals surface area contributed by atoms with Crippen LogP contribution in [0.5, 0.6) is 0 Å².